The normalized spacial score (nSPS) is 12.8. The van der Waals surface area contributed by atoms with Crippen molar-refractivity contribution in [2.45, 2.75) is 213 Å². The molecule has 6 nitrogen and oxygen atoms in total. The van der Waals surface area contributed by atoms with E-state index in [4.69, 9.17) is 14.2 Å². The molecule has 0 heterocycles. The summed E-state index contributed by atoms with van der Waals surface area (Å²) >= 11 is 0. The number of rotatable bonds is 41. The van der Waals surface area contributed by atoms with Crippen LogP contribution in [0.1, 0.15) is 207 Å². The molecule has 0 saturated heterocycles. The number of hydrogen-bond acceptors (Lipinski definition) is 6. The van der Waals surface area contributed by atoms with E-state index in [9.17, 15) is 14.4 Å². The van der Waals surface area contributed by atoms with Crippen LogP contribution in [0.5, 0.6) is 0 Å². The highest BCUT2D eigenvalue weighted by molar-refractivity contribution is 5.71. The van der Waals surface area contributed by atoms with Crippen molar-refractivity contribution >= 4 is 17.9 Å². The quantitative estimate of drug-likeness (QED) is 0.0265. The van der Waals surface area contributed by atoms with Gasteiger partial charge >= 0.3 is 17.9 Å². The first-order valence-corrected chi connectivity index (χ1v) is 23.6. The van der Waals surface area contributed by atoms with Gasteiger partial charge in [0, 0.05) is 19.3 Å². The fourth-order valence-electron chi connectivity index (χ4n) is 6.13. The second-order valence-electron chi connectivity index (χ2n) is 15.3. The molecule has 0 aromatic carbocycles. The minimum Gasteiger partial charge on any atom is -0.462 e. The smallest absolute Gasteiger partial charge is 0.306 e. The molecule has 1 atom stereocenters. The van der Waals surface area contributed by atoms with Gasteiger partial charge in [0.05, 0.1) is 0 Å². The Morgan fingerprint density at radius 2 is 0.672 bits per heavy atom. The van der Waals surface area contributed by atoms with Gasteiger partial charge in [-0.25, -0.2) is 0 Å². The number of carbonyl (C=O) groups excluding carboxylic acids is 3. The largest absolute Gasteiger partial charge is 0.462 e. The standard InChI is InChI=1S/C52H86O6/c1-4-7-10-13-16-18-19-20-21-22-23-24-25-26-27-28-29-30-31-32-33-34-37-39-42-45-51(54)57-48-49(47-56-50(53)44-41-38-35-15-12-9-6-3)58-52(55)46-43-40-36-17-14-11-8-5-2/h7,10,16,18,20-21,23-24,26-27,29-30,32-33,49H,4-6,8-9,11-15,17,19,22,25,28,31,34-48H2,1-3H3/b10-7-,18-16-,21-20-,24-23-,27-26-,30-29-,33-32-. The molecular formula is C52H86O6. The van der Waals surface area contributed by atoms with E-state index in [1.165, 1.54) is 57.8 Å². The second-order valence-corrected chi connectivity index (χ2v) is 15.3. The fraction of sp³-hybridized carbons (Fsp3) is 0.673. The van der Waals surface area contributed by atoms with Gasteiger partial charge in [-0.2, -0.15) is 0 Å². The molecule has 0 radical (unpaired) electrons. The van der Waals surface area contributed by atoms with Gasteiger partial charge in [0.2, 0.25) is 0 Å². The van der Waals surface area contributed by atoms with E-state index in [2.05, 4.69) is 106 Å². The molecule has 0 aliphatic heterocycles. The number of unbranched alkanes of at least 4 members (excludes halogenated alkanes) is 16. The number of hydrogen-bond donors (Lipinski definition) is 0. The monoisotopic (exact) mass is 807 g/mol. The van der Waals surface area contributed by atoms with Crippen molar-refractivity contribution in [1.82, 2.24) is 0 Å². The van der Waals surface area contributed by atoms with Gasteiger partial charge < -0.3 is 14.2 Å². The van der Waals surface area contributed by atoms with Crippen molar-refractivity contribution in [2.24, 2.45) is 0 Å². The zero-order valence-electron chi connectivity index (χ0n) is 37.5. The van der Waals surface area contributed by atoms with Crippen LogP contribution in [0.3, 0.4) is 0 Å². The lowest BCUT2D eigenvalue weighted by molar-refractivity contribution is -0.167. The first-order chi connectivity index (χ1) is 28.5. The van der Waals surface area contributed by atoms with Gasteiger partial charge in [0.15, 0.2) is 6.10 Å². The van der Waals surface area contributed by atoms with Gasteiger partial charge in [0.25, 0.3) is 0 Å². The molecule has 0 aliphatic rings. The number of esters is 3. The molecule has 330 valence electrons. The minimum atomic E-state index is -0.783. The summed E-state index contributed by atoms with van der Waals surface area (Å²) in [5.74, 6) is -0.939. The Morgan fingerprint density at radius 1 is 0.362 bits per heavy atom. The van der Waals surface area contributed by atoms with E-state index in [0.29, 0.717) is 19.3 Å². The molecule has 0 aromatic heterocycles. The average molecular weight is 807 g/mol. The molecule has 0 aromatic rings. The first kappa shape index (κ1) is 54.6. The van der Waals surface area contributed by atoms with Gasteiger partial charge in [-0.05, 0) is 77.0 Å². The van der Waals surface area contributed by atoms with E-state index in [1.54, 1.807) is 0 Å². The number of carbonyl (C=O) groups is 3. The van der Waals surface area contributed by atoms with Crippen LogP contribution in [0.4, 0.5) is 0 Å². The van der Waals surface area contributed by atoms with Crippen LogP contribution in [0.15, 0.2) is 85.1 Å². The molecule has 0 amide bonds. The van der Waals surface area contributed by atoms with Crippen molar-refractivity contribution < 1.29 is 28.6 Å². The maximum Gasteiger partial charge on any atom is 0.306 e. The van der Waals surface area contributed by atoms with E-state index in [-0.39, 0.29) is 31.1 Å². The molecule has 0 aliphatic carbocycles. The van der Waals surface area contributed by atoms with E-state index >= 15 is 0 Å². The Balaban J connectivity index is 4.23. The lowest BCUT2D eigenvalue weighted by atomic mass is 10.1. The molecule has 0 N–H and O–H groups in total. The van der Waals surface area contributed by atoms with Gasteiger partial charge in [-0.3, -0.25) is 14.4 Å². The molecule has 0 bridgehead atoms. The highest BCUT2D eigenvalue weighted by Crippen LogP contribution is 2.13. The van der Waals surface area contributed by atoms with Crippen molar-refractivity contribution in [3.8, 4) is 0 Å². The molecule has 0 rings (SSSR count). The van der Waals surface area contributed by atoms with Crippen molar-refractivity contribution in [2.75, 3.05) is 13.2 Å². The number of allylic oxidation sites excluding steroid dienone is 14. The third-order valence-electron chi connectivity index (χ3n) is 9.66. The predicted octanol–water partition coefficient (Wildman–Crippen LogP) is 15.3. The van der Waals surface area contributed by atoms with Gasteiger partial charge in [-0.15, -0.1) is 0 Å². The van der Waals surface area contributed by atoms with E-state index in [1.807, 2.05) is 0 Å². The van der Waals surface area contributed by atoms with Crippen LogP contribution < -0.4 is 0 Å². The Morgan fingerprint density at radius 3 is 1.05 bits per heavy atom. The zero-order valence-corrected chi connectivity index (χ0v) is 37.5. The molecule has 0 fully saturated rings. The Bertz CT molecular complexity index is 1160. The highest BCUT2D eigenvalue weighted by atomic mass is 16.6. The summed E-state index contributed by atoms with van der Waals surface area (Å²) in [5, 5.41) is 0. The van der Waals surface area contributed by atoms with Gasteiger partial charge in [0.1, 0.15) is 13.2 Å². The summed E-state index contributed by atoms with van der Waals surface area (Å²) < 4.78 is 16.6. The molecule has 0 spiro atoms. The predicted molar refractivity (Wildman–Crippen MR) is 247 cm³/mol. The molecular weight excluding hydrogens is 721 g/mol. The van der Waals surface area contributed by atoms with Crippen LogP contribution in [-0.4, -0.2) is 37.2 Å². The summed E-state index contributed by atoms with van der Waals surface area (Å²) in [7, 11) is 0. The molecule has 6 heteroatoms. The second kappa shape index (κ2) is 46.3. The summed E-state index contributed by atoms with van der Waals surface area (Å²) in [6.07, 6.45) is 58.8. The summed E-state index contributed by atoms with van der Waals surface area (Å²) in [6.45, 7) is 6.40. The van der Waals surface area contributed by atoms with Gasteiger partial charge in [-0.1, -0.05) is 196 Å². The lowest BCUT2D eigenvalue weighted by Crippen LogP contribution is -2.30. The van der Waals surface area contributed by atoms with Crippen molar-refractivity contribution in [1.29, 1.82) is 0 Å². The van der Waals surface area contributed by atoms with Crippen LogP contribution in [0.25, 0.3) is 0 Å². The third kappa shape index (κ3) is 43.7. The Kier molecular flexibility index (Phi) is 43.6. The molecule has 58 heavy (non-hydrogen) atoms. The Labute approximate surface area is 356 Å². The number of ether oxygens (including phenoxy) is 3. The summed E-state index contributed by atoms with van der Waals surface area (Å²) in [6, 6.07) is 0. The van der Waals surface area contributed by atoms with E-state index < -0.39 is 6.10 Å². The van der Waals surface area contributed by atoms with Crippen molar-refractivity contribution in [3.05, 3.63) is 85.1 Å². The maximum absolute atomic E-state index is 12.6. The zero-order chi connectivity index (χ0) is 42.3. The van der Waals surface area contributed by atoms with Crippen LogP contribution >= 0.6 is 0 Å². The topological polar surface area (TPSA) is 78.9 Å². The minimum absolute atomic E-state index is 0.0866. The average Bonchev–Trinajstić information content (AvgIpc) is 3.22. The summed E-state index contributed by atoms with van der Waals surface area (Å²) in [5.41, 5.74) is 0. The van der Waals surface area contributed by atoms with Crippen LogP contribution in [0, 0.1) is 0 Å². The third-order valence-corrected chi connectivity index (χ3v) is 9.66. The van der Waals surface area contributed by atoms with Crippen LogP contribution in [-0.2, 0) is 28.6 Å². The highest BCUT2D eigenvalue weighted by Gasteiger charge is 2.19. The SMILES string of the molecule is CC/C=C\C/C=C\C/C=C\C/C=C\C/C=C\C/C=C\C/C=C\CCCCCC(=O)OCC(COC(=O)CCCCCCCCC)OC(=O)CCCCCCCCCC. The first-order valence-electron chi connectivity index (χ1n) is 23.6. The summed E-state index contributed by atoms with van der Waals surface area (Å²) in [4.78, 5) is 37.5. The van der Waals surface area contributed by atoms with E-state index in [0.717, 1.165) is 109 Å². The molecule has 0 saturated carbocycles. The fourth-order valence-corrected chi connectivity index (χ4v) is 6.13. The lowest BCUT2D eigenvalue weighted by Gasteiger charge is -2.18. The molecule has 1 unspecified atom stereocenters. The Hall–Kier alpha value is -3.41. The van der Waals surface area contributed by atoms with Crippen LogP contribution in [0.2, 0.25) is 0 Å². The maximum atomic E-state index is 12.6. The van der Waals surface area contributed by atoms with Crippen molar-refractivity contribution in [3.63, 3.8) is 0 Å².